The Morgan fingerprint density at radius 3 is 2.64 bits per heavy atom. The number of carbonyl (C=O) groups is 1. The second kappa shape index (κ2) is 5.29. The maximum absolute atomic E-state index is 10.8. The molecule has 0 aromatic rings. The fourth-order valence-corrected chi connectivity index (χ4v) is 1.43. The minimum atomic E-state index is -0.531. The van der Waals surface area contributed by atoms with Crippen molar-refractivity contribution in [1.82, 2.24) is 10.2 Å². The average Bonchev–Trinajstić information content (AvgIpc) is 2.72. The van der Waals surface area contributed by atoms with E-state index >= 15 is 0 Å². The van der Waals surface area contributed by atoms with Crippen LogP contribution in [0.1, 0.15) is 12.8 Å². The summed E-state index contributed by atoms with van der Waals surface area (Å²) in [5.41, 5.74) is 0.493. The molecule has 0 atom stereocenters. The maximum Gasteiger partial charge on any atom is 0.407 e. The maximum atomic E-state index is 10.8. The molecule has 1 aliphatic heterocycles. The quantitative estimate of drug-likeness (QED) is 0.656. The summed E-state index contributed by atoms with van der Waals surface area (Å²) in [4.78, 5) is 23.3. The van der Waals surface area contributed by atoms with E-state index in [1.807, 2.05) is 10.8 Å². The molecular formula is C9H14N2O3. The molecule has 1 heterocycles. The van der Waals surface area contributed by atoms with E-state index in [1.165, 1.54) is 7.11 Å². The fraction of sp³-hybridized carbons (Fsp3) is 0.667. The number of amides is 1. The number of methoxy groups -OCH3 is 1. The molecule has 14 heavy (non-hydrogen) atoms. The molecular weight excluding hydrogens is 184 g/mol. The third-order valence-electron chi connectivity index (χ3n) is 2.19. The van der Waals surface area contributed by atoms with E-state index in [0.29, 0.717) is 5.70 Å². The highest BCUT2D eigenvalue weighted by Crippen LogP contribution is 2.11. The highest BCUT2D eigenvalue weighted by atomic mass is 16.5. The van der Waals surface area contributed by atoms with E-state index < -0.39 is 6.09 Å². The Morgan fingerprint density at radius 1 is 1.50 bits per heavy atom. The summed E-state index contributed by atoms with van der Waals surface area (Å²) < 4.78 is 4.40. The predicted octanol–water partition coefficient (Wildman–Crippen LogP) is 0.154. The van der Waals surface area contributed by atoms with Gasteiger partial charge in [-0.3, -0.25) is 0 Å². The van der Waals surface area contributed by atoms with Gasteiger partial charge in [-0.25, -0.2) is 9.59 Å². The zero-order valence-electron chi connectivity index (χ0n) is 8.21. The van der Waals surface area contributed by atoms with E-state index in [4.69, 9.17) is 0 Å². The van der Waals surface area contributed by atoms with Crippen molar-refractivity contribution in [2.45, 2.75) is 12.8 Å². The van der Waals surface area contributed by atoms with Crippen LogP contribution >= 0.6 is 0 Å². The molecule has 0 unspecified atom stereocenters. The summed E-state index contributed by atoms with van der Waals surface area (Å²) in [6, 6.07) is 0. The van der Waals surface area contributed by atoms with Crippen LogP contribution < -0.4 is 5.32 Å². The van der Waals surface area contributed by atoms with Crippen LogP contribution in [0, 0.1) is 0 Å². The lowest BCUT2D eigenvalue weighted by molar-refractivity contribution is 0.171. The molecule has 1 fully saturated rings. The number of nitrogens with one attached hydrogen (secondary N) is 1. The zero-order valence-corrected chi connectivity index (χ0v) is 8.21. The Balaban J connectivity index is 2.39. The van der Waals surface area contributed by atoms with E-state index in [9.17, 15) is 9.59 Å². The van der Waals surface area contributed by atoms with Gasteiger partial charge in [0.1, 0.15) is 11.6 Å². The van der Waals surface area contributed by atoms with Gasteiger partial charge in [0.25, 0.3) is 0 Å². The summed E-state index contributed by atoms with van der Waals surface area (Å²) in [6.07, 6.45) is 1.64. The van der Waals surface area contributed by atoms with Crippen molar-refractivity contribution in [3.8, 4) is 0 Å². The van der Waals surface area contributed by atoms with Crippen molar-refractivity contribution in [2.24, 2.45) is 0 Å². The second-order valence-electron chi connectivity index (χ2n) is 3.09. The Labute approximate surface area is 82.7 Å². The van der Waals surface area contributed by atoms with E-state index in [2.05, 4.69) is 10.1 Å². The van der Waals surface area contributed by atoms with Gasteiger partial charge in [0, 0.05) is 13.1 Å². The molecule has 1 N–H and O–H groups in total. The van der Waals surface area contributed by atoms with Crippen LogP contribution in [0.2, 0.25) is 0 Å². The first-order chi connectivity index (χ1) is 6.77. The minimum Gasteiger partial charge on any atom is -0.453 e. The summed E-state index contributed by atoms with van der Waals surface area (Å²) in [6.45, 7) is 1.93. The number of likely N-dealkylation sites (tertiary alicyclic amines) is 1. The van der Waals surface area contributed by atoms with Gasteiger partial charge in [-0.2, -0.15) is 0 Å². The third-order valence-corrected chi connectivity index (χ3v) is 2.19. The Hall–Kier alpha value is -1.48. The van der Waals surface area contributed by atoms with Gasteiger partial charge in [-0.15, -0.1) is 0 Å². The summed E-state index contributed by atoms with van der Waals surface area (Å²) >= 11 is 0. The molecule has 78 valence electrons. The van der Waals surface area contributed by atoms with Crippen LogP contribution in [0.5, 0.6) is 0 Å². The zero-order chi connectivity index (χ0) is 10.4. The molecule has 0 bridgehead atoms. The van der Waals surface area contributed by atoms with Crippen molar-refractivity contribution in [3.63, 3.8) is 0 Å². The highest BCUT2D eigenvalue weighted by Gasteiger charge is 2.16. The molecule has 1 rings (SSSR count). The van der Waals surface area contributed by atoms with Crippen molar-refractivity contribution in [2.75, 3.05) is 26.7 Å². The molecule has 1 amide bonds. The summed E-state index contributed by atoms with van der Waals surface area (Å²) in [7, 11) is 1.29. The van der Waals surface area contributed by atoms with Gasteiger partial charge < -0.3 is 15.0 Å². The number of hydrogen-bond acceptors (Lipinski definition) is 4. The second-order valence-corrected chi connectivity index (χ2v) is 3.09. The van der Waals surface area contributed by atoms with Gasteiger partial charge in [0.15, 0.2) is 0 Å². The van der Waals surface area contributed by atoms with Gasteiger partial charge >= 0.3 is 6.09 Å². The molecule has 1 aliphatic rings. The molecule has 1 saturated heterocycles. The van der Waals surface area contributed by atoms with Crippen LogP contribution in [0.3, 0.4) is 0 Å². The van der Waals surface area contributed by atoms with Crippen LogP contribution in [-0.2, 0) is 9.53 Å². The number of hydrogen-bond donors (Lipinski definition) is 1. The lowest BCUT2D eigenvalue weighted by atomic mass is 10.4. The van der Waals surface area contributed by atoms with E-state index in [1.54, 1.807) is 0 Å². The number of alkyl carbamates (subject to hydrolysis) is 1. The first kappa shape index (κ1) is 10.6. The number of nitrogens with zero attached hydrogens (tertiary/aromatic N) is 1. The Bertz CT molecular complexity index is 253. The first-order valence-electron chi connectivity index (χ1n) is 4.58. The highest BCUT2D eigenvalue weighted by molar-refractivity contribution is 5.68. The molecule has 0 aliphatic carbocycles. The van der Waals surface area contributed by atoms with Gasteiger partial charge in [0.05, 0.1) is 13.7 Å². The molecule has 0 saturated carbocycles. The van der Waals surface area contributed by atoms with Crippen LogP contribution in [0.4, 0.5) is 4.79 Å². The molecule has 0 spiro atoms. The van der Waals surface area contributed by atoms with E-state index in [0.717, 1.165) is 25.9 Å². The van der Waals surface area contributed by atoms with Gasteiger partial charge in [-0.05, 0) is 12.8 Å². The molecule has 0 aromatic carbocycles. The molecule has 0 radical (unpaired) electrons. The lowest BCUT2D eigenvalue weighted by Gasteiger charge is -2.17. The largest absolute Gasteiger partial charge is 0.453 e. The average molecular weight is 198 g/mol. The van der Waals surface area contributed by atoms with E-state index in [-0.39, 0.29) is 6.54 Å². The monoisotopic (exact) mass is 198 g/mol. The Morgan fingerprint density at radius 2 is 2.14 bits per heavy atom. The summed E-state index contributed by atoms with van der Waals surface area (Å²) in [5, 5.41) is 2.46. The number of carbonyl (C=O) groups excluding carboxylic acids is 2. The van der Waals surface area contributed by atoms with Crippen LogP contribution in [0.15, 0.2) is 5.70 Å². The van der Waals surface area contributed by atoms with Crippen molar-refractivity contribution in [1.29, 1.82) is 0 Å². The molecule has 0 aromatic heterocycles. The fourth-order valence-electron chi connectivity index (χ4n) is 1.43. The number of rotatable bonds is 3. The topological polar surface area (TPSA) is 58.6 Å². The lowest BCUT2D eigenvalue weighted by Crippen LogP contribution is -2.32. The van der Waals surface area contributed by atoms with Crippen molar-refractivity contribution < 1.29 is 14.3 Å². The smallest absolute Gasteiger partial charge is 0.407 e. The van der Waals surface area contributed by atoms with Gasteiger partial charge in [0.2, 0.25) is 0 Å². The SMILES string of the molecule is COC(=O)NCC(=C=O)N1CCCC1. The Kier molecular flexibility index (Phi) is 4.01. The van der Waals surface area contributed by atoms with Crippen LogP contribution in [0.25, 0.3) is 0 Å². The van der Waals surface area contributed by atoms with Crippen molar-refractivity contribution >= 4 is 12.0 Å². The standard InChI is InChI=1S/C9H14N2O3/c1-14-9(13)10-6-8(7-12)11-4-2-3-5-11/h2-6H2,1H3,(H,10,13). The van der Waals surface area contributed by atoms with Crippen molar-refractivity contribution in [3.05, 3.63) is 5.70 Å². The molecule has 5 nitrogen and oxygen atoms in total. The van der Waals surface area contributed by atoms with Crippen LogP contribution in [-0.4, -0.2) is 43.7 Å². The number of ether oxygens (including phenoxy) is 1. The van der Waals surface area contributed by atoms with Gasteiger partial charge in [-0.1, -0.05) is 0 Å². The first-order valence-corrected chi connectivity index (χ1v) is 4.58. The predicted molar refractivity (Wildman–Crippen MR) is 50.4 cm³/mol. The normalized spacial score (nSPS) is 14.8. The third kappa shape index (κ3) is 2.78. The minimum absolute atomic E-state index is 0.191. The summed E-state index contributed by atoms with van der Waals surface area (Å²) in [5.74, 6) is 1.85. The molecule has 5 heteroatoms.